The van der Waals surface area contributed by atoms with Crippen molar-refractivity contribution in [3.63, 3.8) is 0 Å². The molecule has 0 saturated heterocycles. The molecule has 1 atom stereocenters. The van der Waals surface area contributed by atoms with Gasteiger partial charge < -0.3 is 14.5 Å². The molecule has 1 N–H and O–H groups in total. The van der Waals surface area contributed by atoms with Crippen molar-refractivity contribution >= 4 is 11.9 Å². The zero-order valence-electron chi connectivity index (χ0n) is 16.7. The summed E-state index contributed by atoms with van der Waals surface area (Å²) < 4.78 is 11.3. The smallest absolute Gasteiger partial charge is 0.437 e. The molecule has 0 spiro atoms. The van der Waals surface area contributed by atoms with Gasteiger partial charge in [-0.1, -0.05) is 58.0 Å². The number of alkyl carbamates (subject to hydrolysis) is 1. The summed E-state index contributed by atoms with van der Waals surface area (Å²) in [6, 6.07) is 8.33. The van der Waals surface area contributed by atoms with Crippen LogP contribution in [0.25, 0.3) is 0 Å². The van der Waals surface area contributed by atoms with E-state index in [0.717, 1.165) is 10.2 Å². The van der Waals surface area contributed by atoms with Crippen LogP contribution in [0.2, 0.25) is 0 Å². The summed E-state index contributed by atoms with van der Waals surface area (Å²) in [5.41, 5.74) is 0.836. The van der Waals surface area contributed by atoms with E-state index in [1.807, 2.05) is 58.0 Å². The van der Waals surface area contributed by atoms with Gasteiger partial charge in [0.1, 0.15) is 12.6 Å². The summed E-state index contributed by atoms with van der Waals surface area (Å²) in [5.74, 6) is -1.26. The second-order valence-electron chi connectivity index (χ2n) is 7.50. The van der Waals surface area contributed by atoms with Crippen molar-refractivity contribution in [2.45, 2.75) is 53.3 Å². The Hall–Kier alpha value is -2.90. The Morgan fingerprint density at radius 2 is 1.82 bits per heavy atom. The van der Waals surface area contributed by atoms with Gasteiger partial charge in [0.05, 0.1) is 6.54 Å². The zero-order chi connectivity index (χ0) is 20.7. The monoisotopic (exact) mass is 389 g/mol. The third-order valence-corrected chi connectivity index (χ3v) is 3.88. The van der Waals surface area contributed by atoms with E-state index in [4.69, 9.17) is 9.15 Å². The second-order valence-corrected chi connectivity index (χ2v) is 7.50. The second kappa shape index (κ2) is 9.87. The van der Waals surface area contributed by atoms with Crippen LogP contribution in [0.5, 0.6) is 0 Å². The average molecular weight is 389 g/mol. The molecule has 1 aromatic heterocycles. The molecule has 0 radical (unpaired) electrons. The highest BCUT2D eigenvalue weighted by Gasteiger charge is 2.28. The zero-order valence-corrected chi connectivity index (χ0v) is 16.7. The van der Waals surface area contributed by atoms with E-state index in [2.05, 4.69) is 10.4 Å². The molecule has 2 rings (SSSR count). The number of carbonyl (C=O) groups excluding carboxylic acids is 2. The minimum atomic E-state index is -0.895. The average Bonchev–Trinajstić information content (AvgIpc) is 2.99. The van der Waals surface area contributed by atoms with Gasteiger partial charge in [-0.2, -0.15) is 4.68 Å². The van der Waals surface area contributed by atoms with Crippen LogP contribution in [0.4, 0.5) is 4.79 Å². The third-order valence-electron chi connectivity index (χ3n) is 3.88. The molecular weight excluding hydrogens is 362 g/mol. The van der Waals surface area contributed by atoms with Crippen LogP contribution in [0, 0.1) is 11.8 Å². The molecule has 0 saturated carbocycles. The maximum atomic E-state index is 12.8. The molecule has 8 nitrogen and oxygen atoms in total. The number of nitrogens with one attached hydrogen (secondary N) is 1. The molecule has 0 aliphatic heterocycles. The molecule has 1 heterocycles. The van der Waals surface area contributed by atoms with Crippen LogP contribution in [0.15, 0.2) is 39.5 Å². The van der Waals surface area contributed by atoms with Crippen LogP contribution in [0.1, 0.15) is 50.4 Å². The molecule has 2 aromatic rings. The Labute approximate surface area is 163 Å². The number of aromatic nitrogens is 2. The third kappa shape index (κ3) is 6.37. The highest BCUT2D eigenvalue weighted by atomic mass is 16.5. The number of ether oxygens (including phenoxy) is 1. The largest absolute Gasteiger partial charge is 0.445 e. The Kier molecular flexibility index (Phi) is 7.54. The van der Waals surface area contributed by atoms with Gasteiger partial charge in [0, 0.05) is 0 Å². The summed E-state index contributed by atoms with van der Waals surface area (Å²) in [4.78, 5) is 36.8. The van der Waals surface area contributed by atoms with E-state index >= 15 is 0 Å². The minimum absolute atomic E-state index is 0.0906. The fraction of sp³-hybridized carbons (Fsp3) is 0.500. The summed E-state index contributed by atoms with van der Waals surface area (Å²) in [7, 11) is 0. The summed E-state index contributed by atoms with van der Waals surface area (Å²) in [5, 5.41) is 6.54. The number of carbonyl (C=O) groups is 2. The predicted octanol–water partition coefficient (Wildman–Crippen LogP) is 3.02. The molecule has 0 aliphatic rings. The fourth-order valence-corrected chi connectivity index (χ4v) is 2.63. The van der Waals surface area contributed by atoms with Crippen molar-refractivity contribution in [2.75, 3.05) is 0 Å². The Morgan fingerprint density at radius 3 is 2.43 bits per heavy atom. The van der Waals surface area contributed by atoms with E-state index in [1.165, 1.54) is 0 Å². The maximum Gasteiger partial charge on any atom is 0.437 e. The Balaban J connectivity index is 2.06. The first-order valence-electron chi connectivity index (χ1n) is 9.35. The lowest BCUT2D eigenvalue weighted by atomic mass is 10.0. The number of amides is 1. The van der Waals surface area contributed by atoms with Gasteiger partial charge in [0.2, 0.25) is 5.78 Å². The standard InChI is InChI=1S/C20H27N3O5/c1-13(2)10-16(21-19(25)27-12-15-8-6-5-7-9-15)17(24)18-22-23(11-14(3)4)20(26)28-18/h5-9,13-14,16H,10-12H2,1-4H3,(H,21,25). The number of ketones is 1. The molecule has 28 heavy (non-hydrogen) atoms. The van der Waals surface area contributed by atoms with Crippen LogP contribution < -0.4 is 11.1 Å². The van der Waals surface area contributed by atoms with Crippen molar-refractivity contribution < 1.29 is 18.7 Å². The van der Waals surface area contributed by atoms with E-state index in [1.54, 1.807) is 0 Å². The number of benzene rings is 1. The SMILES string of the molecule is CC(C)CC(NC(=O)OCc1ccccc1)C(=O)c1nn(CC(C)C)c(=O)o1. The van der Waals surface area contributed by atoms with E-state index in [0.29, 0.717) is 13.0 Å². The van der Waals surface area contributed by atoms with E-state index in [9.17, 15) is 14.4 Å². The Morgan fingerprint density at radius 1 is 1.14 bits per heavy atom. The summed E-state index contributed by atoms with van der Waals surface area (Å²) >= 11 is 0. The van der Waals surface area contributed by atoms with Crippen molar-refractivity contribution in [3.05, 3.63) is 52.3 Å². The first-order valence-corrected chi connectivity index (χ1v) is 9.35. The van der Waals surface area contributed by atoms with Crippen molar-refractivity contribution in [1.82, 2.24) is 15.1 Å². The maximum absolute atomic E-state index is 12.8. The molecule has 1 unspecified atom stereocenters. The number of rotatable bonds is 9. The molecule has 0 bridgehead atoms. The molecule has 8 heteroatoms. The fourth-order valence-electron chi connectivity index (χ4n) is 2.63. The van der Waals surface area contributed by atoms with Crippen molar-refractivity contribution in [3.8, 4) is 0 Å². The predicted molar refractivity (Wildman–Crippen MR) is 103 cm³/mol. The number of nitrogens with zero attached hydrogens (tertiary/aromatic N) is 2. The van der Waals surface area contributed by atoms with Gasteiger partial charge in [0.15, 0.2) is 0 Å². The Bertz CT molecular complexity index is 839. The van der Waals surface area contributed by atoms with Gasteiger partial charge >= 0.3 is 11.8 Å². The van der Waals surface area contributed by atoms with Crippen molar-refractivity contribution in [1.29, 1.82) is 0 Å². The normalized spacial score (nSPS) is 12.2. The van der Waals surface area contributed by atoms with Gasteiger partial charge in [0.25, 0.3) is 5.89 Å². The lowest BCUT2D eigenvalue weighted by molar-refractivity contribution is 0.0867. The van der Waals surface area contributed by atoms with E-state index < -0.39 is 23.7 Å². The van der Waals surface area contributed by atoms with Gasteiger partial charge in [-0.15, -0.1) is 5.10 Å². The molecule has 152 valence electrons. The van der Waals surface area contributed by atoms with E-state index in [-0.39, 0.29) is 24.3 Å². The van der Waals surface area contributed by atoms with Crippen LogP contribution in [0.3, 0.4) is 0 Å². The number of Topliss-reactive ketones (excluding diaryl/α,β-unsaturated/α-hetero) is 1. The minimum Gasteiger partial charge on any atom is -0.445 e. The highest BCUT2D eigenvalue weighted by Crippen LogP contribution is 2.11. The molecule has 1 aromatic carbocycles. The van der Waals surface area contributed by atoms with Gasteiger partial charge in [-0.25, -0.2) is 9.59 Å². The molecule has 0 fully saturated rings. The van der Waals surface area contributed by atoms with Crippen LogP contribution in [-0.2, 0) is 17.9 Å². The molecule has 0 aliphatic carbocycles. The van der Waals surface area contributed by atoms with Gasteiger partial charge in [-0.05, 0) is 23.8 Å². The topological polar surface area (TPSA) is 103 Å². The quantitative estimate of drug-likeness (QED) is 0.661. The lowest BCUT2D eigenvalue weighted by Gasteiger charge is -2.17. The molecule has 1 amide bonds. The van der Waals surface area contributed by atoms with Crippen molar-refractivity contribution in [2.24, 2.45) is 11.8 Å². The number of hydrogen-bond donors (Lipinski definition) is 1. The first kappa shape index (κ1) is 21.4. The lowest BCUT2D eigenvalue weighted by Crippen LogP contribution is -2.42. The summed E-state index contributed by atoms with van der Waals surface area (Å²) in [6.45, 7) is 8.13. The summed E-state index contributed by atoms with van der Waals surface area (Å²) in [6.07, 6.45) is -0.355. The first-order chi connectivity index (χ1) is 13.3. The van der Waals surface area contributed by atoms with Gasteiger partial charge in [-0.3, -0.25) is 4.79 Å². The van der Waals surface area contributed by atoms with Crippen LogP contribution >= 0.6 is 0 Å². The highest BCUT2D eigenvalue weighted by molar-refractivity contribution is 5.97. The number of hydrogen-bond acceptors (Lipinski definition) is 6. The molecular formula is C20H27N3O5. The van der Waals surface area contributed by atoms with Crippen LogP contribution in [-0.4, -0.2) is 27.7 Å².